The van der Waals surface area contributed by atoms with Crippen molar-refractivity contribution in [2.75, 3.05) is 0 Å². The molecular formula is C10H12Br2N2. The van der Waals surface area contributed by atoms with E-state index >= 15 is 0 Å². The molecule has 1 aromatic rings. The van der Waals surface area contributed by atoms with E-state index in [0.717, 1.165) is 27.0 Å². The molecule has 0 aliphatic heterocycles. The van der Waals surface area contributed by atoms with E-state index in [1.165, 1.54) is 12.8 Å². The standard InChI is InChI=1S/C10H12Br2N2/c11-7-4-8(12)10(14-5-7)9(13)3-6-1-2-6/h4-6,9H,1-3,13H2. The van der Waals surface area contributed by atoms with Crippen molar-refractivity contribution in [3.05, 3.63) is 26.9 Å². The van der Waals surface area contributed by atoms with E-state index in [-0.39, 0.29) is 6.04 Å². The van der Waals surface area contributed by atoms with Crippen LogP contribution in [0.25, 0.3) is 0 Å². The van der Waals surface area contributed by atoms with Crippen LogP contribution in [0.15, 0.2) is 21.2 Å². The lowest BCUT2D eigenvalue weighted by atomic mass is 10.1. The van der Waals surface area contributed by atoms with Crippen LogP contribution in [0.2, 0.25) is 0 Å². The minimum Gasteiger partial charge on any atom is -0.323 e. The Hall–Kier alpha value is 0.0700. The molecule has 76 valence electrons. The summed E-state index contributed by atoms with van der Waals surface area (Å²) in [7, 11) is 0. The van der Waals surface area contributed by atoms with E-state index in [2.05, 4.69) is 36.8 Å². The summed E-state index contributed by atoms with van der Waals surface area (Å²) in [4.78, 5) is 4.34. The Kier molecular flexibility index (Phi) is 3.24. The van der Waals surface area contributed by atoms with Gasteiger partial charge in [-0.15, -0.1) is 0 Å². The maximum atomic E-state index is 6.08. The van der Waals surface area contributed by atoms with Gasteiger partial charge in [-0.05, 0) is 50.3 Å². The Balaban J connectivity index is 2.13. The highest BCUT2D eigenvalue weighted by Crippen LogP contribution is 2.37. The van der Waals surface area contributed by atoms with Crippen molar-refractivity contribution < 1.29 is 0 Å². The van der Waals surface area contributed by atoms with Gasteiger partial charge in [0.1, 0.15) is 0 Å². The summed E-state index contributed by atoms with van der Waals surface area (Å²) in [6.07, 6.45) is 5.53. The van der Waals surface area contributed by atoms with E-state index in [4.69, 9.17) is 5.73 Å². The van der Waals surface area contributed by atoms with Crippen LogP contribution in [0, 0.1) is 5.92 Å². The van der Waals surface area contributed by atoms with E-state index in [9.17, 15) is 0 Å². The molecule has 1 aliphatic carbocycles. The average Bonchev–Trinajstić information content (AvgIpc) is 2.87. The fraction of sp³-hybridized carbons (Fsp3) is 0.500. The molecule has 14 heavy (non-hydrogen) atoms. The molecule has 1 atom stereocenters. The first-order valence-corrected chi connectivity index (χ1v) is 6.32. The van der Waals surface area contributed by atoms with Crippen molar-refractivity contribution in [2.45, 2.75) is 25.3 Å². The van der Waals surface area contributed by atoms with Crippen LogP contribution in [-0.2, 0) is 0 Å². The molecule has 2 rings (SSSR count). The van der Waals surface area contributed by atoms with E-state index in [1.54, 1.807) is 6.20 Å². The van der Waals surface area contributed by atoms with Crippen LogP contribution in [0.4, 0.5) is 0 Å². The minimum atomic E-state index is 0.0741. The van der Waals surface area contributed by atoms with Gasteiger partial charge >= 0.3 is 0 Å². The number of aromatic nitrogens is 1. The molecule has 0 saturated heterocycles. The first kappa shape index (κ1) is 10.6. The van der Waals surface area contributed by atoms with Gasteiger partial charge in [0, 0.05) is 21.2 Å². The van der Waals surface area contributed by atoms with Gasteiger partial charge < -0.3 is 5.73 Å². The number of halogens is 2. The molecule has 0 radical (unpaired) electrons. The van der Waals surface area contributed by atoms with Crippen LogP contribution < -0.4 is 5.73 Å². The van der Waals surface area contributed by atoms with Gasteiger partial charge in [0.2, 0.25) is 0 Å². The van der Waals surface area contributed by atoms with Crippen molar-refractivity contribution in [2.24, 2.45) is 11.7 Å². The molecular weight excluding hydrogens is 308 g/mol. The topological polar surface area (TPSA) is 38.9 Å². The minimum absolute atomic E-state index is 0.0741. The van der Waals surface area contributed by atoms with E-state index in [1.807, 2.05) is 6.07 Å². The lowest BCUT2D eigenvalue weighted by Gasteiger charge is -2.12. The molecule has 0 amide bonds. The van der Waals surface area contributed by atoms with Gasteiger partial charge in [-0.3, -0.25) is 4.98 Å². The Morgan fingerprint density at radius 1 is 1.50 bits per heavy atom. The van der Waals surface area contributed by atoms with Crippen molar-refractivity contribution in [3.8, 4) is 0 Å². The Morgan fingerprint density at radius 2 is 2.21 bits per heavy atom. The smallest absolute Gasteiger partial charge is 0.0713 e. The zero-order valence-electron chi connectivity index (χ0n) is 7.71. The second kappa shape index (κ2) is 4.29. The predicted octanol–water partition coefficient (Wildman–Crippen LogP) is 3.41. The Morgan fingerprint density at radius 3 is 2.79 bits per heavy atom. The second-order valence-corrected chi connectivity index (χ2v) is 5.58. The van der Waals surface area contributed by atoms with Gasteiger partial charge in [-0.1, -0.05) is 12.8 Å². The zero-order valence-corrected chi connectivity index (χ0v) is 10.9. The molecule has 1 heterocycles. The lowest BCUT2D eigenvalue weighted by Crippen LogP contribution is -2.13. The molecule has 1 fully saturated rings. The van der Waals surface area contributed by atoms with Crippen molar-refractivity contribution in [1.29, 1.82) is 0 Å². The molecule has 1 aliphatic rings. The van der Waals surface area contributed by atoms with E-state index in [0.29, 0.717) is 0 Å². The van der Waals surface area contributed by atoms with Crippen LogP contribution in [0.3, 0.4) is 0 Å². The van der Waals surface area contributed by atoms with Gasteiger partial charge in [0.25, 0.3) is 0 Å². The summed E-state index contributed by atoms with van der Waals surface area (Å²) in [6.45, 7) is 0. The zero-order chi connectivity index (χ0) is 10.1. The van der Waals surface area contributed by atoms with Crippen LogP contribution >= 0.6 is 31.9 Å². The first-order valence-electron chi connectivity index (χ1n) is 4.73. The number of hydrogen-bond donors (Lipinski definition) is 1. The van der Waals surface area contributed by atoms with Gasteiger partial charge in [0.05, 0.1) is 5.69 Å². The van der Waals surface area contributed by atoms with E-state index < -0.39 is 0 Å². The van der Waals surface area contributed by atoms with Crippen molar-refractivity contribution in [1.82, 2.24) is 4.98 Å². The van der Waals surface area contributed by atoms with Crippen LogP contribution in [0.1, 0.15) is 31.0 Å². The lowest BCUT2D eigenvalue weighted by molar-refractivity contribution is 0.581. The molecule has 4 heteroatoms. The first-order chi connectivity index (χ1) is 6.66. The van der Waals surface area contributed by atoms with Crippen LogP contribution in [0.5, 0.6) is 0 Å². The van der Waals surface area contributed by atoms with Gasteiger partial charge in [-0.25, -0.2) is 0 Å². The highest BCUT2D eigenvalue weighted by Gasteiger charge is 2.25. The summed E-state index contributed by atoms with van der Waals surface area (Å²) in [6, 6.07) is 2.07. The number of nitrogens with zero attached hydrogens (tertiary/aromatic N) is 1. The molecule has 0 aromatic carbocycles. The number of hydrogen-bond acceptors (Lipinski definition) is 2. The molecule has 0 spiro atoms. The molecule has 2 N–H and O–H groups in total. The Bertz CT molecular complexity index is 337. The molecule has 0 bridgehead atoms. The molecule has 1 aromatic heterocycles. The SMILES string of the molecule is NC(CC1CC1)c1ncc(Br)cc1Br. The van der Waals surface area contributed by atoms with Gasteiger partial charge in [0.15, 0.2) is 0 Å². The predicted molar refractivity (Wildman–Crippen MR) is 63.9 cm³/mol. The maximum absolute atomic E-state index is 6.08. The normalized spacial score (nSPS) is 18.2. The van der Waals surface area contributed by atoms with Crippen LogP contribution in [-0.4, -0.2) is 4.98 Å². The highest BCUT2D eigenvalue weighted by molar-refractivity contribution is 9.11. The summed E-state index contributed by atoms with van der Waals surface area (Å²) in [5.41, 5.74) is 7.05. The second-order valence-electron chi connectivity index (χ2n) is 3.81. The fourth-order valence-electron chi connectivity index (χ4n) is 1.52. The summed E-state index contributed by atoms with van der Waals surface area (Å²) >= 11 is 6.86. The third-order valence-electron chi connectivity index (χ3n) is 2.47. The summed E-state index contributed by atoms with van der Waals surface area (Å²) in [5, 5.41) is 0. The number of pyridine rings is 1. The molecule has 1 unspecified atom stereocenters. The maximum Gasteiger partial charge on any atom is 0.0713 e. The average molecular weight is 320 g/mol. The number of rotatable bonds is 3. The number of nitrogens with two attached hydrogens (primary N) is 1. The monoisotopic (exact) mass is 318 g/mol. The quantitative estimate of drug-likeness (QED) is 0.927. The molecule has 1 saturated carbocycles. The Labute approximate surface area is 101 Å². The third kappa shape index (κ3) is 2.55. The summed E-state index contributed by atoms with van der Waals surface area (Å²) < 4.78 is 1.98. The van der Waals surface area contributed by atoms with Gasteiger partial charge in [-0.2, -0.15) is 0 Å². The van der Waals surface area contributed by atoms with Crippen molar-refractivity contribution in [3.63, 3.8) is 0 Å². The summed E-state index contributed by atoms with van der Waals surface area (Å²) in [5.74, 6) is 0.836. The largest absolute Gasteiger partial charge is 0.323 e. The van der Waals surface area contributed by atoms with Crippen molar-refractivity contribution >= 4 is 31.9 Å². The molecule has 2 nitrogen and oxygen atoms in total. The fourth-order valence-corrected chi connectivity index (χ4v) is 2.80. The highest BCUT2D eigenvalue weighted by atomic mass is 79.9. The third-order valence-corrected chi connectivity index (χ3v) is 3.54.